The maximum absolute atomic E-state index is 12.3. The van der Waals surface area contributed by atoms with E-state index in [0.717, 1.165) is 11.3 Å². The Bertz CT molecular complexity index is 580. The van der Waals surface area contributed by atoms with E-state index in [1.807, 2.05) is 19.1 Å². The van der Waals surface area contributed by atoms with Gasteiger partial charge < -0.3 is 9.84 Å². The standard InChI is InChI=1S/C16H22N2O4/c1-10-12(6-5-7-17-10)11-8-13(14(19)20)18(9-11)15(21)22-16(2,3)4/h5-7,11,13H,8-9H2,1-4H3,(H,19,20)/t11?,13-/m1/s1. The lowest BCUT2D eigenvalue weighted by Crippen LogP contribution is -2.43. The molecule has 2 atom stereocenters. The number of aryl methyl sites for hydroxylation is 1. The molecule has 1 saturated heterocycles. The fraction of sp³-hybridized carbons (Fsp3) is 0.562. The number of carbonyl (C=O) groups excluding carboxylic acids is 1. The maximum Gasteiger partial charge on any atom is 0.411 e. The number of aliphatic carboxylic acids is 1. The zero-order valence-corrected chi connectivity index (χ0v) is 13.4. The molecular formula is C16H22N2O4. The third kappa shape index (κ3) is 3.55. The van der Waals surface area contributed by atoms with Gasteiger partial charge in [0.15, 0.2) is 0 Å². The second-order valence-electron chi connectivity index (χ2n) is 6.60. The van der Waals surface area contributed by atoms with Crippen molar-refractivity contribution in [2.24, 2.45) is 0 Å². The highest BCUT2D eigenvalue weighted by Gasteiger charge is 2.42. The van der Waals surface area contributed by atoms with Crippen LogP contribution in [0.2, 0.25) is 0 Å². The van der Waals surface area contributed by atoms with Crippen molar-refractivity contribution in [1.29, 1.82) is 0 Å². The summed E-state index contributed by atoms with van der Waals surface area (Å²) in [6.45, 7) is 7.51. The molecule has 1 aliphatic heterocycles. The molecular weight excluding hydrogens is 284 g/mol. The van der Waals surface area contributed by atoms with E-state index in [4.69, 9.17) is 4.74 Å². The van der Waals surface area contributed by atoms with Crippen molar-refractivity contribution >= 4 is 12.1 Å². The molecule has 1 fully saturated rings. The minimum absolute atomic E-state index is 0.0395. The van der Waals surface area contributed by atoms with E-state index >= 15 is 0 Å². The van der Waals surface area contributed by atoms with E-state index in [0.29, 0.717) is 13.0 Å². The summed E-state index contributed by atoms with van der Waals surface area (Å²) in [4.78, 5) is 29.3. The van der Waals surface area contributed by atoms with Crippen LogP contribution in [0.1, 0.15) is 44.4 Å². The number of carbonyl (C=O) groups is 2. The Morgan fingerprint density at radius 2 is 2.09 bits per heavy atom. The van der Waals surface area contributed by atoms with Gasteiger partial charge in [-0.2, -0.15) is 0 Å². The summed E-state index contributed by atoms with van der Waals surface area (Å²) in [5.41, 5.74) is 1.20. The molecule has 0 radical (unpaired) electrons. The number of hydrogen-bond donors (Lipinski definition) is 1. The zero-order chi connectivity index (χ0) is 16.5. The molecule has 0 bridgehead atoms. The fourth-order valence-corrected chi connectivity index (χ4v) is 2.75. The Labute approximate surface area is 130 Å². The van der Waals surface area contributed by atoms with Gasteiger partial charge in [-0.3, -0.25) is 9.88 Å². The number of aromatic nitrogens is 1. The zero-order valence-electron chi connectivity index (χ0n) is 13.4. The Hall–Kier alpha value is -2.11. The molecule has 1 aromatic rings. The number of hydrogen-bond acceptors (Lipinski definition) is 4. The Kier molecular flexibility index (Phi) is 4.39. The predicted molar refractivity (Wildman–Crippen MR) is 80.7 cm³/mol. The quantitative estimate of drug-likeness (QED) is 0.908. The first-order valence-electron chi connectivity index (χ1n) is 7.33. The Balaban J connectivity index is 2.22. The van der Waals surface area contributed by atoms with Crippen LogP contribution in [0.15, 0.2) is 18.3 Å². The molecule has 0 aromatic carbocycles. The number of carboxylic acid groups (broad SMARTS) is 1. The van der Waals surface area contributed by atoms with Crippen molar-refractivity contribution in [3.05, 3.63) is 29.6 Å². The molecule has 1 N–H and O–H groups in total. The third-order valence-electron chi connectivity index (χ3n) is 3.70. The van der Waals surface area contributed by atoms with Gasteiger partial charge in [-0.25, -0.2) is 9.59 Å². The van der Waals surface area contributed by atoms with Crippen molar-refractivity contribution in [1.82, 2.24) is 9.88 Å². The molecule has 1 amide bonds. The molecule has 6 nitrogen and oxygen atoms in total. The lowest BCUT2D eigenvalue weighted by Gasteiger charge is -2.26. The summed E-state index contributed by atoms with van der Waals surface area (Å²) in [7, 11) is 0. The number of carboxylic acids is 1. The molecule has 2 heterocycles. The SMILES string of the molecule is Cc1ncccc1C1C[C@H](C(=O)O)N(C(=O)OC(C)(C)C)C1. The van der Waals surface area contributed by atoms with Crippen molar-refractivity contribution in [2.45, 2.75) is 51.7 Å². The number of amides is 1. The van der Waals surface area contributed by atoms with E-state index in [1.54, 1.807) is 27.0 Å². The third-order valence-corrected chi connectivity index (χ3v) is 3.70. The van der Waals surface area contributed by atoms with Crippen LogP contribution >= 0.6 is 0 Å². The van der Waals surface area contributed by atoms with Gasteiger partial charge in [0.1, 0.15) is 11.6 Å². The second-order valence-corrected chi connectivity index (χ2v) is 6.60. The molecule has 2 rings (SSSR count). The van der Waals surface area contributed by atoms with Crippen molar-refractivity contribution in [3.63, 3.8) is 0 Å². The molecule has 0 saturated carbocycles. The van der Waals surface area contributed by atoms with Gasteiger partial charge in [0.05, 0.1) is 0 Å². The molecule has 0 spiro atoms. The van der Waals surface area contributed by atoms with Gasteiger partial charge >= 0.3 is 12.1 Å². The first kappa shape index (κ1) is 16.3. The molecule has 1 unspecified atom stereocenters. The number of likely N-dealkylation sites (tertiary alicyclic amines) is 1. The van der Waals surface area contributed by atoms with E-state index in [1.165, 1.54) is 4.90 Å². The van der Waals surface area contributed by atoms with Crippen LogP contribution in [0.25, 0.3) is 0 Å². The summed E-state index contributed by atoms with van der Waals surface area (Å²) in [5, 5.41) is 9.40. The summed E-state index contributed by atoms with van der Waals surface area (Å²) >= 11 is 0. The van der Waals surface area contributed by atoms with Crippen LogP contribution < -0.4 is 0 Å². The molecule has 120 valence electrons. The monoisotopic (exact) mass is 306 g/mol. The number of rotatable bonds is 2. The van der Waals surface area contributed by atoms with Crippen molar-refractivity contribution in [2.75, 3.05) is 6.54 Å². The minimum atomic E-state index is -1.00. The first-order valence-corrected chi connectivity index (χ1v) is 7.33. The van der Waals surface area contributed by atoms with Gasteiger partial charge in [0.2, 0.25) is 0 Å². The highest BCUT2D eigenvalue weighted by Crippen LogP contribution is 2.33. The van der Waals surface area contributed by atoms with Crippen molar-refractivity contribution < 1.29 is 19.4 Å². The average Bonchev–Trinajstić information content (AvgIpc) is 2.82. The second kappa shape index (κ2) is 5.94. The summed E-state index contributed by atoms with van der Waals surface area (Å²) in [5.74, 6) is -1.04. The first-order chi connectivity index (χ1) is 10.2. The Morgan fingerprint density at radius 3 is 2.64 bits per heavy atom. The van der Waals surface area contributed by atoms with E-state index in [2.05, 4.69) is 4.98 Å². The summed E-state index contributed by atoms with van der Waals surface area (Å²) in [6.07, 6.45) is 1.50. The lowest BCUT2D eigenvalue weighted by molar-refractivity contribution is -0.142. The normalized spacial score (nSPS) is 21.7. The van der Waals surface area contributed by atoms with Crippen molar-refractivity contribution in [3.8, 4) is 0 Å². The highest BCUT2D eigenvalue weighted by molar-refractivity contribution is 5.81. The predicted octanol–water partition coefficient (Wildman–Crippen LogP) is 2.57. The lowest BCUT2D eigenvalue weighted by atomic mass is 9.95. The molecule has 6 heteroatoms. The topological polar surface area (TPSA) is 79.7 Å². The highest BCUT2D eigenvalue weighted by atomic mass is 16.6. The van der Waals surface area contributed by atoms with E-state index < -0.39 is 23.7 Å². The smallest absolute Gasteiger partial charge is 0.411 e. The van der Waals surface area contributed by atoms with Gasteiger partial charge in [0, 0.05) is 24.4 Å². The van der Waals surface area contributed by atoms with E-state index in [-0.39, 0.29) is 5.92 Å². The summed E-state index contributed by atoms with van der Waals surface area (Å²) < 4.78 is 5.32. The van der Waals surface area contributed by atoms with Crippen LogP contribution in [0.3, 0.4) is 0 Å². The molecule has 1 aliphatic rings. The van der Waals surface area contributed by atoms with Gasteiger partial charge in [-0.05, 0) is 45.7 Å². The molecule has 0 aliphatic carbocycles. The van der Waals surface area contributed by atoms with Gasteiger partial charge in [-0.15, -0.1) is 0 Å². The molecule has 1 aromatic heterocycles. The van der Waals surface area contributed by atoms with Crippen LogP contribution in [-0.2, 0) is 9.53 Å². The maximum atomic E-state index is 12.3. The largest absolute Gasteiger partial charge is 0.480 e. The number of ether oxygens (including phenoxy) is 1. The van der Waals surface area contributed by atoms with Crippen LogP contribution in [0.5, 0.6) is 0 Å². The fourth-order valence-electron chi connectivity index (χ4n) is 2.75. The van der Waals surface area contributed by atoms with E-state index in [9.17, 15) is 14.7 Å². The minimum Gasteiger partial charge on any atom is -0.480 e. The van der Waals surface area contributed by atoms with Crippen LogP contribution in [0.4, 0.5) is 4.79 Å². The van der Waals surface area contributed by atoms with Gasteiger partial charge in [-0.1, -0.05) is 6.07 Å². The van der Waals surface area contributed by atoms with Gasteiger partial charge in [0.25, 0.3) is 0 Å². The average molecular weight is 306 g/mol. The van der Waals surface area contributed by atoms with Crippen LogP contribution in [-0.4, -0.2) is 45.2 Å². The summed E-state index contributed by atoms with van der Waals surface area (Å²) in [6, 6.07) is 2.90. The molecule has 22 heavy (non-hydrogen) atoms. The number of nitrogens with zero attached hydrogens (tertiary/aromatic N) is 2. The Morgan fingerprint density at radius 1 is 1.41 bits per heavy atom. The number of pyridine rings is 1. The van der Waals surface area contributed by atoms with Crippen LogP contribution in [0, 0.1) is 6.92 Å².